The van der Waals surface area contributed by atoms with Crippen LogP contribution in [0.1, 0.15) is 35.1 Å². The Hall–Kier alpha value is -3.14. The number of hydrogen-bond donors (Lipinski definition) is 1. The van der Waals surface area contributed by atoms with Gasteiger partial charge < -0.3 is 4.57 Å². The Balaban J connectivity index is 1.80. The van der Waals surface area contributed by atoms with Crippen LogP contribution in [0.25, 0.3) is 5.69 Å². The number of nitro benzene ring substituents is 1. The second kappa shape index (κ2) is 7.83. The third-order valence-electron chi connectivity index (χ3n) is 3.65. The number of unbranched alkanes of at least 4 members (excludes halogenated alkanes) is 1. The van der Waals surface area contributed by atoms with Gasteiger partial charge >= 0.3 is 0 Å². The lowest BCUT2D eigenvalue weighted by atomic mass is 10.1. The van der Waals surface area contributed by atoms with Crippen molar-refractivity contribution in [2.75, 3.05) is 5.32 Å². The van der Waals surface area contributed by atoms with Gasteiger partial charge in [0.05, 0.1) is 11.3 Å². The van der Waals surface area contributed by atoms with Gasteiger partial charge in [0.25, 0.3) is 11.6 Å². The van der Waals surface area contributed by atoms with E-state index in [0.29, 0.717) is 10.8 Å². The lowest BCUT2D eigenvalue weighted by molar-refractivity contribution is -0.384. The highest BCUT2D eigenvalue weighted by Gasteiger charge is 2.19. The molecule has 26 heavy (non-hydrogen) atoms. The molecule has 0 fully saturated rings. The van der Waals surface area contributed by atoms with Crippen LogP contribution in [0.5, 0.6) is 0 Å². The van der Waals surface area contributed by atoms with Crippen molar-refractivity contribution in [1.82, 2.24) is 19.7 Å². The van der Waals surface area contributed by atoms with E-state index >= 15 is 0 Å². The smallest absolute Gasteiger partial charge is 0.294 e. The predicted molar refractivity (Wildman–Crippen MR) is 96.7 cm³/mol. The maximum Gasteiger partial charge on any atom is 0.294 e. The van der Waals surface area contributed by atoms with E-state index in [0.717, 1.165) is 24.3 Å². The van der Waals surface area contributed by atoms with Gasteiger partial charge in [0.2, 0.25) is 5.13 Å². The molecule has 134 valence electrons. The Morgan fingerprint density at radius 3 is 2.92 bits per heavy atom. The zero-order chi connectivity index (χ0) is 18.5. The van der Waals surface area contributed by atoms with Gasteiger partial charge in [-0.25, -0.2) is 4.98 Å². The Morgan fingerprint density at radius 1 is 1.38 bits per heavy atom. The molecule has 3 rings (SSSR count). The normalized spacial score (nSPS) is 10.7. The SMILES string of the molecule is CCCCc1nnc(NC(=O)c2ccc(-n3ccnc3)c([N+](=O)[O-])c2)s1. The molecule has 0 atom stereocenters. The molecule has 2 aromatic heterocycles. The summed E-state index contributed by atoms with van der Waals surface area (Å²) in [4.78, 5) is 27.1. The molecule has 0 saturated carbocycles. The minimum atomic E-state index is -0.528. The van der Waals surface area contributed by atoms with Crippen molar-refractivity contribution in [3.63, 3.8) is 0 Å². The van der Waals surface area contributed by atoms with Crippen molar-refractivity contribution < 1.29 is 9.72 Å². The van der Waals surface area contributed by atoms with E-state index in [2.05, 4.69) is 27.4 Å². The summed E-state index contributed by atoms with van der Waals surface area (Å²) in [6, 6.07) is 4.28. The number of carbonyl (C=O) groups is 1. The summed E-state index contributed by atoms with van der Waals surface area (Å²) in [5, 5.41) is 23.2. The molecule has 1 amide bonds. The molecule has 2 heterocycles. The first-order valence-electron chi connectivity index (χ1n) is 7.99. The maximum atomic E-state index is 12.4. The van der Waals surface area contributed by atoms with Gasteiger partial charge in [-0.15, -0.1) is 10.2 Å². The van der Waals surface area contributed by atoms with Crippen molar-refractivity contribution in [3.05, 3.63) is 57.6 Å². The number of aryl methyl sites for hydroxylation is 1. The number of anilines is 1. The lowest BCUT2D eigenvalue weighted by Crippen LogP contribution is -2.12. The van der Waals surface area contributed by atoms with Gasteiger partial charge in [0.1, 0.15) is 10.7 Å². The molecule has 0 aliphatic carbocycles. The highest BCUT2D eigenvalue weighted by atomic mass is 32.1. The summed E-state index contributed by atoms with van der Waals surface area (Å²) in [6.45, 7) is 2.09. The number of imidazole rings is 1. The average molecular weight is 372 g/mol. The van der Waals surface area contributed by atoms with Crippen LogP contribution in [0.3, 0.4) is 0 Å². The van der Waals surface area contributed by atoms with Crippen LogP contribution in [-0.2, 0) is 6.42 Å². The van der Waals surface area contributed by atoms with Crippen molar-refractivity contribution in [3.8, 4) is 5.69 Å². The van der Waals surface area contributed by atoms with Crippen molar-refractivity contribution >= 4 is 28.1 Å². The van der Waals surface area contributed by atoms with E-state index < -0.39 is 10.8 Å². The van der Waals surface area contributed by atoms with Crippen molar-refractivity contribution in [2.45, 2.75) is 26.2 Å². The maximum absolute atomic E-state index is 12.4. The zero-order valence-corrected chi connectivity index (χ0v) is 14.8. The van der Waals surface area contributed by atoms with Crippen LogP contribution in [0, 0.1) is 10.1 Å². The number of aromatic nitrogens is 4. The van der Waals surface area contributed by atoms with E-state index in [9.17, 15) is 14.9 Å². The zero-order valence-electron chi connectivity index (χ0n) is 14.0. The van der Waals surface area contributed by atoms with E-state index in [-0.39, 0.29) is 11.3 Å². The predicted octanol–water partition coefficient (Wildman–Crippen LogP) is 3.23. The Bertz CT molecular complexity index is 922. The first kappa shape index (κ1) is 17.7. The minimum Gasteiger partial charge on any atom is -0.300 e. The van der Waals surface area contributed by atoms with E-state index in [1.807, 2.05) is 0 Å². The van der Waals surface area contributed by atoms with Crippen LogP contribution >= 0.6 is 11.3 Å². The van der Waals surface area contributed by atoms with Gasteiger partial charge in [-0.2, -0.15) is 0 Å². The summed E-state index contributed by atoms with van der Waals surface area (Å²) in [5.41, 5.74) is 0.323. The summed E-state index contributed by atoms with van der Waals surface area (Å²) < 4.78 is 1.52. The van der Waals surface area contributed by atoms with Gasteiger partial charge in [-0.05, 0) is 18.6 Å². The second-order valence-electron chi connectivity index (χ2n) is 5.49. The number of nitro groups is 1. The number of rotatable bonds is 7. The molecule has 0 radical (unpaired) electrons. The number of nitrogens with zero attached hydrogens (tertiary/aromatic N) is 5. The molecule has 10 heteroatoms. The number of amides is 1. The molecule has 0 spiro atoms. The molecule has 9 nitrogen and oxygen atoms in total. The number of nitrogens with one attached hydrogen (secondary N) is 1. The number of hydrogen-bond acceptors (Lipinski definition) is 7. The quantitative estimate of drug-likeness (QED) is 0.503. The molecular weight excluding hydrogens is 356 g/mol. The molecule has 1 aromatic carbocycles. The van der Waals surface area contributed by atoms with E-state index in [1.54, 1.807) is 6.20 Å². The third kappa shape index (κ3) is 3.91. The standard InChI is InChI=1S/C16H16N6O3S/c1-2-3-4-14-19-20-16(26-14)18-15(23)11-5-6-12(13(9-11)22(24)25)21-8-7-17-10-21/h5-10H,2-4H2,1H3,(H,18,20,23). The molecule has 0 aliphatic rings. The largest absolute Gasteiger partial charge is 0.300 e. The Kier molecular flexibility index (Phi) is 5.32. The third-order valence-corrected chi connectivity index (χ3v) is 4.55. The lowest BCUT2D eigenvalue weighted by Gasteiger charge is -2.06. The van der Waals surface area contributed by atoms with Crippen LogP contribution in [0.4, 0.5) is 10.8 Å². The fourth-order valence-corrected chi connectivity index (χ4v) is 3.11. The summed E-state index contributed by atoms with van der Waals surface area (Å²) >= 11 is 1.31. The Labute approximate surface area is 152 Å². The van der Waals surface area contributed by atoms with Gasteiger partial charge in [0.15, 0.2) is 0 Å². The molecule has 0 saturated heterocycles. The minimum absolute atomic E-state index is 0.172. The molecule has 0 unspecified atom stereocenters. The molecule has 3 aromatic rings. The monoisotopic (exact) mass is 372 g/mol. The van der Waals surface area contributed by atoms with Gasteiger partial charge in [-0.1, -0.05) is 24.7 Å². The van der Waals surface area contributed by atoms with Crippen LogP contribution in [0.2, 0.25) is 0 Å². The summed E-state index contributed by atoms with van der Waals surface area (Å²) in [7, 11) is 0. The molecule has 1 N–H and O–H groups in total. The van der Waals surface area contributed by atoms with Gasteiger partial charge in [0, 0.05) is 30.4 Å². The average Bonchev–Trinajstić information content (AvgIpc) is 3.31. The highest BCUT2D eigenvalue weighted by molar-refractivity contribution is 7.15. The van der Waals surface area contributed by atoms with Gasteiger partial charge in [-0.3, -0.25) is 20.2 Å². The molecule has 0 aliphatic heterocycles. The first-order chi connectivity index (χ1) is 12.6. The fraction of sp³-hybridized carbons (Fsp3) is 0.250. The highest BCUT2D eigenvalue weighted by Crippen LogP contribution is 2.25. The Morgan fingerprint density at radius 2 is 2.23 bits per heavy atom. The fourth-order valence-electron chi connectivity index (χ4n) is 2.33. The summed E-state index contributed by atoms with van der Waals surface area (Å²) in [5.74, 6) is -0.469. The van der Waals surface area contributed by atoms with E-state index in [1.165, 1.54) is 46.6 Å². The topological polar surface area (TPSA) is 116 Å². The first-order valence-corrected chi connectivity index (χ1v) is 8.80. The van der Waals surface area contributed by atoms with Crippen molar-refractivity contribution in [1.29, 1.82) is 0 Å². The van der Waals surface area contributed by atoms with Crippen LogP contribution in [-0.4, -0.2) is 30.6 Å². The molecular formula is C16H16N6O3S. The second-order valence-corrected chi connectivity index (χ2v) is 6.55. The van der Waals surface area contributed by atoms with E-state index in [4.69, 9.17) is 0 Å². The number of carbonyl (C=O) groups excluding carboxylic acids is 1. The summed E-state index contributed by atoms with van der Waals surface area (Å²) in [6.07, 6.45) is 7.45. The van der Waals surface area contributed by atoms with Crippen LogP contribution in [0.15, 0.2) is 36.9 Å². The molecule has 0 bridgehead atoms. The van der Waals surface area contributed by atoms with Crippen LogP contribution < -0.4 is 5.32 Å². The van der Waals surface area contributed by atoms with Crippen molar-refractivity contribution in [2.24, 2.45) is 0 Å². The number of benzene rings is 1.